The van der Waals surface area contributed by atoms with E-state index in [0.717, 1.165) is 25.7 Å². The van der Waals surface area contributed by atoms with Crippen LogP contribution in [0.5, 0.6) is 0 Å². The molecular formula is C10H14O4. The van der Waals surface area contributed by atoms with Crippen LogP contribution in [0.4, 0.5) is 0 Å². The molecule has 0 aromatic rings. The molecule has 2 aliphatic rings. The van der Waals surface area contributed by atoms with Crippen LogP contribution in [-0.2, 0) is 9.59 Å². The Morgan fingerprint density at radius 2 is 1.71 bits per heavy atom. The number of rotatable bonds is 3. The lowest BCUT2D eigenvalue weighted by molar-refractivity contribution is -0.151. The SMILES string of the molecule is O=C(O)C1CC1(C(=O)O)C1CCCC1. The number of carbonyl (C=O) groups is 2. The Morgan fingerprint density at radius 3 is 2.07 bits per heavy atom. The second-order valence-corrected chi connectivity index (χ2v) is 4.42. The lowest BCUT2D eigenvalue weighted by atomic mass is 9.85. The molecule has 0 saturated heterocycles. The minimum Gasteiger partial charge on any atom is -0.481 e. The van der Waals surface area contributed by atoms with Crippen molar-refractivity contribution in [2.45, 2.75) is 32.1 Å². The van der Waals surface area contributed by atoms with E-state index in [-0.39, 0.29) is 5.92 Å². The van der Waals surface area contributed by atoms with Crippen LogP contribution in [0, 0.1) is 17.3 Å². The fraction of sp³-hybridized carbons (Fsp3) is 0.800. The van der Waals surface area contributed by atoms with Crippen LogP contribution in [0.2, 0.25) is 0 Å². The van der Waals surface area contributed by atoms with Gasteiger partial charge in [0.2, 0.25) is 0 Å². The summed E-state index contributed by atoms with van der Waals surface area (Å²) in [6, 6.07) is 0. The van der Waals surface area contributed by atoms with E-state index in [1.165, 1.54) is 0 Å². The highest BCUT2D eigenvalue weighted by atomic mass is 16.4. The topological polar surface area (TPSA) is 74.6 Å². The largest absolute Gasteiger partial charge is 0.481 e. The summed E-state index contributed by atoms with van der Waals surface area (Å²) in [5.74, 6) is -2.39. The average molecular weight is 198 g/mol. The Balaban J connectivity index is 2.17. The van der Waals surface area contributed by atoms with Crippen molar-refractivity contribution in [3.63, 3.8) is 0 Å². The van der Waals surface area contributed by atoms with E-state index in [2.05, 4.69) is 0 Å². The second-order valence-electron chi connectivity index (χ2n) is 4.42. The van der Waals surface area contributed by atoms with Crippen molar-refractivity contribution >= 4 is 11.9 Å². The van der Waals surface area contributed by atoms with Gasteiger partial charge in [0.1, 0.15) is 0 Å². The Bertz CT molecular complexity index is 280. The van der Waals surface area contributed by atoms with Gasteiger partial charge in [-0.25, -0.2) is 0 Å². The maximum atomic E-state index is 11.1. The summed E-state index contributed by atoms with van der Waals surface area (Å²) in [6.45, 7) is 0. The Hall–Kier alpha value is -1.06. The minimum absolute atomic E-state index is 0.0982. The molecule has 2 fully saturated rings. The van der Waals surface area contributed by atoms with E-state index >= 15 is 0 Å². The first-order chi connectivity index (χ1) is 6.59. The normalized spacial score (nSPS) is 37.0. The maximum Gasteiger partial charge on any atom is 0.310 e. The van der Waals surface area contributed by atoms with Gasteiger partial charge in [0.05, 0.1) is 11.3 Å². The number of carboxylic acid groups (broad SMARTS) is 2. The molecule has 0 aromatic carbocycles. The van der Waals surface area contributed by atoms with Gasteiger partial charge < -0.3 is 10.2 Å². The third-order valence-electron chi connectivity index (χ3n) is 3.78. The van der Waals surface area contributed by atoms with Crippen molar-refractivity contribution in [2.75, 3.05) is 0 Å². The Morgan fingerprint density at radius 1 is 1.14 bits per heavy atom. The molecule has 2 saturated carbocycles. The van der Waals surface area contributed by atoms with Crippen molar-refractivity contribution in [3.8, 4) is 0 Å². The van der Waals surface area contributed by atoms with Gasteiger partial charge in [-0.3, -0.25) is 9.59 Å². The minimum atomic E-state index is -0.945. The van der Waals surface area contributed by atoms with E-state index in [0.29, 0.717) is 6.42 Å². The summed E-state index contributed by atoms with van der Waals surface area (Å²) in [4.78, 5) is 21.9. The van der Waals surface area contributed by atoms with Gasteiger partial charge in [0, 0.05) is 0 Å². The van der Waals surface area contributed by atoms with E-state index < -0.39 is 23.3 Å². The van der Waals surface area contributed by atoms with Crippen LogP contribution in [-0.4, -0.2) is 22.2 Å². The molecule has 2 rings (SSSR count). The van der Waals surface area contributed by atoms with Crippen molar-refractivity contribution in [1.82, 2.24) is 0 Å². The summed E-state index contributed by atoms with van der Waals surface area (Å²) >= 11 is 0. The standard InChI is InChI=1S/C10H14O4/c11-8(12)7-5-10(7,9(13)14)6-3-1-2-4-6/h6-7H,1-5H2,(H,11,12)(H,13,14). The summed E-state index contributed by atoms with van der Waals surface area (Å²) in [7, 11) is 0. The number of carboxylic acids is 2. The van der Waals surface area contributed by atoms with Crippen LogP contribution in [0.1, 0.15) is 32.1 Å². The highest BCUT2D eigenvalue weighted by Crippen LogP contribution is 2.62. The molecule has 78 valence electrons. The number of hydrogen-bond donors (Lipinski definition) is 2. The van der Waals surface area contributed by atoms with Gasteiger partial charge in [-0.1, -0.05) is 12.8 Å². The predicted molar refractivity (Wildman–Crippen MR) is 47.8 cm³/mol. The van der Waals surface area contributed by atoms with Gasteiger partial charge in [-0.15, -0.1) is 0 Å². The molecule has 2 aliphatic carbocycles. The summed E-state index contributed by atoms with van der Waals surface area (Å²) < 4.78 is 0. The summed E-state index contributed by atoms with van der Waals surface area (Å²) in [5, 5.41) is 18.0. The maximum absolute atomic E-state index is 11.1. The van der Waals surface area contributed by atoms with Crippen LogP contribution in [0.25, 0.3) is 0 Å². The Labute approximate surface area is 81.9 Å². The Kier molecular flexibility index (Phi) is 2.01. The van der Waals surface area contributed by atoms with Crippen LogP contribution in [0.15, 0.2) is 0 Å². The molecule has 0 heterocycles. The number of aliphatic carboxylic acids is 2. The third kappa shape index (κ3) is 1.13. The molecule has 0 amide bonds. The molecule has 0 spiro atoms. The highest BCUT2D eigenvalue weighted by molar-refractivity contribution is 5.89. The molecule has 4 nitrogen and oxygen atoms in total. The fourth-order valence-electron chi connectivity index (χ4n) is 2.89. The molecule has 0 aromatic heterocycles. The molecule has 2 N–H and O–H groups in total. The van der Waals surface area contributed by atoms with Crippen LogP contribution < -0.4 is 0 Å². The predicted octanol–water partition coefficient (Wildman–Crippen LogP) is 1.35. The summed E-state index contributed by atoms with van der Waals surface area (Å²) in [6.07, 6.45) is 4.20. The highest BCUT2D eigenvalue weighted by Gasteiger charge is 2.68. The van der Waals surface area contributed by atoms with Crippen LogP contribution in [0.3, 0.4) is 0 Å². The second kappa shape index (κ2) is 2.97. The zero-order chi connectivity index (χ0) is 10.3. The zero-order valence-corrected chi connectivity index (χ0v) is 7.90. The van der Waals surface area contributed by atoms with E-state index in [9.17, 15) is 9.59 Å². The first kappa shape index (κ1) is 9.49. The van der Waals surface area contributed by atoms with Crippen molar-refractivity contribution in [1.29, 1.82) is 0 Å². The van der Waals surface area contributed by atoms with Gasteiger partial charge >= 0.3 is 11.9 Å². The molecule has 0 radical (unpaired) electrons. The van der Waals surface area contributed by atoms with Gasteiger partial charge in [0.25, 0.3) is 0 Å². The zero-order valence-electron chi connectivity index (χ0n) is 7.90. The first-order valence-corrected chi connectivity index (χ1v) is 5.05. The molecule has 2 unspecified atom stereocenters. The molecular weight excluding hydrogens is 184 g/mol. The monoisotopic (exact) mass is 198 g/mol. The lowest BCUT2D eigenvalue weighted by Crippen LogP contribution is -2.28. The van der Waals surface area contributed by atoms with Crippen molar-refractivity contribution in [3.05, 3.63) is 0 Å². The van der Waals surface area contributed by atoms with Gasteiger partial charge in [-0.2, -0.15) is 0 Å². The molecule has 0 aliphatic heterocycles. The molecule has 0 bridgehead atoms. The summed E-state index contributed by atoms with van der Waals surface area (Å²) in [5.41, 5.74) is -0.914. The third-order valence-corrected chi connectivity index (χ3v) is 3.78. The smallest absolute Gasteiger partial charge is 0.310 e. The van der Waals surface area contributed by atoms with Gasteiger partial charge in [0.15, 0.2) is 0 Å². The molecule has 4 heteroatoms. The average Bonchev–Trinajstić information content (AvgIpc) is 2.66. The molecule has 14 heavy (non-hydrogen) atoms. The lowest BCUT2D eigenvalue weighted by Gasteiger charge is -2.18. The molecule has 2 atom stereocenters. The first-order valence-electron chi connectivity index (χ1n) is 5.05. The van der Waals surface area contributed by atoms with Crippen molar-refractivity contribution in [2.24, 2.45) is 17.3 Å². The van der Waals surface area contributed by atoms with E-state index in [4.69, 9.17) is 10.2 Å². The quantitative estimate of drug-likeness (QED) is 0.717. The van der Waals surface area contributed by atoms with E-state index in [1.54, 1.807) is 0 Å². The van der Waals surface area contributed by atoms with Gasteiger partial charge in [-0.05, 0) is 25.2 Å². The fourth-order valence-corrected chi connectivity index (χ4v) is 2.89. The van der Waals surface area contributed by atoms with Crippen LogP contribution >= 0.6 is 0 Å². The number of hydrogen-bond acceptors (Lipinski definition) is 2. The van der Waals surface area contributed by atoms with E-state index in [1.807, 2.05) is 0 Å². The van der Waals surface area contributed by atoms with Crippen molar-refractivity contribution < 1.29 is 19.8 Å².